The lowest BCUT2D eigenvalue weighted by molar-refractivity contribution is -0.384. The van der Waals surface area contributed by atoms with Crippen LogP contribution >= 0.6 is 0 Å². The molecule has 0 heterocycles. The number of carbonyl (C=O) groups excluding carboxylic acids is 1. The molecule has 0 bridgehead atoms. The number of amides is 1. The molecule has 0 aliphatic heterocycles. The van der Waals surface area contributed by atoms with E-state index in [0.717, 1.165) is 18.5 Å². The number of carbonyl (C=O) groups is 1. The Hall–Kier alpha value is -2.93. The van der Waals surface area contributed by atoms with Crippen molar-refractivity contribution in [1.29, 1.82) is 0 Å². The molecule has 7 heteroatoms. The molecule has 0 radical (unpaired) electrons. The average Bonchev–Trinajstić information content (AvgIpc) is 2.66. The molecule has 3 N–H and O–H groups in total. The zero-order valence-electron chi connectivity index (χ0n) is 14.8. The van der Waals surface area contributed by atoms with Crippen LogP contribution < -0.4 is 16.0 Å². The van der Waals surface area contributed by atoms with Crippen LogP contribution in [0.15, 0.2) is 48.5 Å². The first-order chi connectivity index (χ1) is 12.6. The Morgan fingerprint density at radius 3 is 2.54 bits per heavy atom. The first-order valence-electron chi connectivity index (χ1n) is 8.67. The number of hydrogen-bond donors (Lipinski definition) is 3. The number of anilines is 1. The van der Waals surface area contributed by atoms with Gasteiger partial charge in [-0.25, -0.2) is 0 Å². The van der Waals surface area contributed by atoms with Gasteiger partial charge in [0.05, 0.1) is 4.92 Å². The van der Waals surface area contributed by atoms with Gasteiger partial charge in [-0.2, -0.15) is 0 Å². The van der Waals surface area contributed by atoms with Crippen molar-refractivity contribution in [3.8, 4) is 0 Å². The molecule has 0 saturated heterocycles. The highest BCUT2D eigenvalue weighted by atomic mass is 16.6. The average molecular weight is 356 g/mol. The van der Waals surface area contributed by atoms with Gasteiger partial charge in [0.1, 0.15) is 5.69 Å². The van der Waals surface area contributed by atoms with Gasteiger partial charge in [0.15, 0.2) is 0 Å². The fourth-order valence-electron chi connectivity index (χ4n) is 2.43. The van der Waals surface area contributed by atoms with Crippen LogP contribution in [0.2, 0.25) is 0 Å². The molecular formula is C19H24N4O3. The largest absolute Gasteiger partial charge is 0.375 e. The molecule has 1 amide bonds. The van der Waals surface area contributed by atoms with Gasteiger partial charge in [0.2, 0.25) is 0 Å². The van der Waals surface area contributed by atoms with Gasteiger partial charge in [0, 0.05) is 31.3 Å². The molecule has 0 saturated carbocycles. The summed E-state index contributed by atoms with van der Waals surface area (Å²) in [6.07, 6.45) is 1.03. The van der Waals surface area contributed by atoms with Gasteiger partial charge in [0.25, 0.3) is 11.6 Å². The van der Waals surface area contributed by atoms with Crippen molar-refractivity contribution in [2.24, 2.45) is 0 Å². The Labute approximate surface area is 153 Å². The maximum absolute atomic E-state index is 12.2. The highest BCUT2D eigenvalue weighted by molar-refractivity contribution is 5.95. The number of nitrogens with one attached hydrogen (secondary N) is 3. The molecule has 2 rings (SSSR count). The molecule has 7 nitrogen and oxygen atoms in total. The third-order valence-corrected chi connectivity index (χ3v) is 3.80. The Morgan fingerprint density at radius 1 is 1.08 bits per heavy atom. The van der Waals surface area contributed by atoms with E-state index >= 15 is 0 Å². The lowest BCUT2D eigenvalue weighted by atomic mass is 10.1. The quantitative estimate of drug-likeness (QED) is 0.345. The van der Waals surface area contributed by atoms with Crippen molar-refractivity contribution in [1.82, 2.24) is 10.6 Å². The van der Waals surface area contributed by atoms with E-state index in [1.54, 1.807) is 12.1 Å². The summed E-state index contributed by atoms with van der Waals surface area (Å²) in [5, 5.41) is 20.4. The van der Waals surface area contributed by atoms with Crippen molar-refractivity contribution < 1.29 is 9.72 Å². The fourth-order valence-corrected chi connectivity index (χ4v) is 2.43. The third-order valence-electron chi connectivity index (χ3n) is 3.80. The summed E-state index contributed by atoms with van der Waals surface area (Å²) < 4.78 is 0. The number of nitro groups is 1. The Morgan fingerprint density at radius 2 is 1.85 bits per heavy atom. The van der Waals surface area contributed by atoms with E-state index in [9.17, 15) is 14.9 Å². The summed E-state index contributed by atoms with van der Waals surface area (Å²) in [5.41, 5.74) is 1.57. The van der Waals surface area contributed by atoms with Crippen molar-refractivity contribution in [2.75, 3.05) is 25.0 Å². The van der Waals surface area contributed by atoms with E-state index < -0.39 is 4.92 Å². The van der Waals surface area contributed by atoms with Crippen LogP contribution in [-0.4, -0.2) is 30.5 Å². The summed E-state index contributed by atoms with van der Waals surface area (Å²) >= 11 is 0. The highest BCUT2D eigenvalue weighted by Gasteiger charge is 2.17. The first-order valence-corrected chi connectivity index (χ1v) is 8.67. The van der Waals surface area contributed by atoms with Crippen LogP contribution in [0.3, 0.4) is 0 Å². The van der Waals surface area contributed by atoms with Crippen LogP contribution in [0, 0.1) is 10.1 Å². The smallest absolute Gasteiger partial charge is 0.293 e. The Balaban J connectivity index is 2.00. The summed E-state index contributed by atoms with van der Waals surface area (Å²) in [6.45, 7) is 4.57. The van der Waals surface area contributed by atoms with E-state index in [2.05, 4.69) is 22.9 Å². The normalized spacial score (nSPS) is 10.3. The minimum atomic E-state index is -0.479. The molecule has 26 heavy (non-hydrogen) atoms. The van der Waals surface area contributed by atoms with Crippen LogP contribution in [0.4, 0.5) is 11.4 Å². The minimum absolute atomic E-state index is 0.113. The van der Waals surface area contributed by atoms with Crippen molar-refractivity contribution in [3.63, 3.8) is 0 Å². The maximum Gasteiger partial charge on any atom is 0.293 e. The molecule has 0 aliphatic carbocycles. The molecule has 0 atom stereocenters. The van der Waals surface area contributed by atoms with E-state index in [-0.39, 0.29) is 17.2 Å². The van der Waals surface area contributed by atoms with Gasteiger partial charge in [-0.05, 0) is 30.7 Å². The van der Waals surface area contributed by atoms with Gasteiger partial charge in [-0.3, -0.25) is 14.9 Å². The molecule has 2 aromatic carbocycles. The molecule has 138 valence electrons. The maximum atomic E-state index is 12.2. The predicted molar refractivity (Wildman–Crippen MR) is 102 cm³/mol. The molecule has 2 aromatic rings. The number of rotatable bonds is 10. The molecule has 0 unspecified atom stereocenters. The number of nitro benzene ring substituents is 1. The zero-order valence-corrected chi connectivity index (χ0v) is 14.8. The third kappa shape index (κ3) is 5.86. The van der Waals surface area contributed by atoms with E-state index in [4.69, 9.17) is 0 Å². The highest BCUT2D eigenvalue weighted by Crippen LogP contribution is 2.26. The number of nitrogens with zero attached hydrogens (tertiary/aromatic N) is 1. The second-order valence-electron chi connectivity index (χ2n) is 5.83. The van der Waals surface area contributed by atoms with E-state index in [0.29, 0.717) is 25.3 Å². The van der Waals surface area contributed by atoms with E-state index in [1.165, 1.54) is 6.07 Å². The predicted octanol–water partition coefficient (Wildman–Crippen LogP) is 2.94. The molecule has 0 fully saturated rings. The van der Waals surface area contributed by atoms with Gasteiger partial charge in [-0.1, -0.05) is 37.3 Å². The second kappa shape index (κ2) is 10.1. The summed E-state index contributed by atoms with van der Waals surface area (Å²) in [7, 11) is 0. The van der Waals surface area contributed by atoms with E-state index in [1.807, 2.05) is 30.3 Å². The van der Waals surface area contributed by atoms with Crippen molar-refractivity contribution in [3.05, 3.63) is 69.8 Å². The number of hydrogen-bond acceptors (Lipinski definition) is 5. The zero-order chi connectivity index (χ0) is 18.8. The summed E-state index contributed by atoms with van der Waals surface area (Å²) in [6, 6.07) is 14.1. The van der Waals surface area contributed by atoms with Crippen LogP contribution in [-0.2, 0) is 6.54 Å². The minimum Gasteiger partial charge on any atom is -0.375 e. The van der Waals surface area contributed by atoms with Crippen molar-refractivity contribution >= 4 is 17.3 Å². The van der Waals surface area contributed by atoms with Gasteiger partial charge in [-0.15, -0.1) is 0 Å². The summed E-state index contributed by atoms with van der Waals surface area (Å²) in [5.74, 6) is -0.319. The number of benzene rings is 2. The second-order valence-corrected chi connectivity index (χ2v) is 5.83. The Bertz CT molecular complexity index is 735. The topological polar surface area (TPSA) is 96.3 Å². The Kier molecular flexibility index (Phi) is 7.57. The lowest BCUT2D eigenvalue weighted by Gasteiger charge is -2.10. The van der Waals surface area contributed by atoms with Gasteiger partial charge < -0.3 is 16.0 Å². The van der Waals surface area contributed by atoms with Crippen LogP contribution in [0.5, 0.6) is 0 Å². The summed E-state index contributed by atoms with van der Waals surface area (Å²) in [4.78, 5) is 23.0. The fraction of sp³-hybridized carbons (Fsp3) is 0.316. The van der Waals surface area contributed by atoms with Crippen LogP contribution in [0.25, 0.3) is 0 Å². The first kappa shape index (κ1) is 19.4. The molecule has 0 aromatic heterocycles. The van der Waals surface area contributed by atoms with Crippen molar-refractivity contribution in [2.45, 2.75) is 19.9 Å². The molecule has 0 spiro atoms. The van der Waals surface area contributed by atoms with Gasteiger partial charge >= 0.3 is 0 Å². The standard InChI is InChI=1S/C19H24N4O3/c1-2-10-20-11-12-21-19(24)16-8-9-17(18(13-16)23(25)26)22-14-15-6-4-3-5-7-15/h3-9,13,20,22H,2,10-12,14H2,1H3,(H,21,24). The van der Waals surface area contributed by atoms with Crippen LogP contribution in [0.1, 0.15) is 29.3 Å². The SMILES string of the molecule is CCCNCCNC(=O)c1ccc(NCc2ccccc2)c([N+](=O)[O-])c1. The lowest BCUT2D eigenvalue weighted by Crippen LogP contribution is -2.32. The molecular weight excluding hydrogens is 332 g/mol. The molecule has 0 aliphatic rings. The monoisotopic (exact) mass is 356 g/mol.